The molecule has 0 unspecified atom stereocenters. The Labute approximate surface area is 236 Å². The fraction of sp³-hybridized carbons (Fsp3) is 0.0690. The molecule has 0 aliphatic heterocycles. The first-order valence-electron chi connectivity index (χ1n) is 11.9. The second kappa shape index (κ2) is 12.9. The second-order valence-electron chi connectivity index (χ2n) is 8.26. The van der Waals surface area contributed by atoms with Gasteiger partial charge in [-0.1, -0.05) is 48.0 Å². The van der Waals surface area contributed by atoms with Gasteiger partial charge in [-0.25, -0.2) is 18.6 Å². The van der Waals surface area contributed by atoms with Crippen molar-refractivity contribution in [2.24, 2.45) is 5.10 Å². The highest BCUT2D eigenvalue weighted by Crippen LogP contribution is 2.34. The number of rotatable bonds is 10. The molecule has 4 rings (SSSR count). The summed E-state index contributed by atoms with van der Waals surface area (Å²) < 4.78 is 38.6. The van der Waals surface area contributed by atoms with Gasteiger partial charge in [0.15, 0.2) is 0 Å². The smallest absolute Gasteiger partial charge is 0.343 e. The summed E-state index contributed by atoms with van der Waals surface area (Å²) in [5.74, 6) is -0.632. The van der Waals surface area contributed by atoms with Crippen LogP contribution in [0.5, 0.6) is 11.5 Å². The number of halogens is 1. The average molecular weight is 578 g/mol. The van der Waals surface area contributed by atoms with Crippen molar-refractivity contribution in [1.29, 1.82) is 0 Å². The summed E-state index contributed by atoms with van der Waals surface area (Å²) in [6.07, 6.45) is 1.37. The standard InChI is InChI=1S/C29H24ClN3O6S/c1-38-27-17-14-23(30)18-26(27)33(40(36,37)25-10-6-3-7-11-25)20-28(34)32-31-19-21-12-15-24(16-13-21)39-29(35)22-8-4-2-5-9-22/h2-19H,20H2,1H3,(H,32,34)/b31-19-. The lowest BCUT2D eigenvalue weighted by atomic mass is 10.2. The number of carbonyl (C=O) groups excluding carboxylic acids is 2. The summed E-state index contributed by atoms with van der Waals surface area (Å²) in [4.78, 5) is 25.0. The molecule has 0 aliphatic rings. The van der Waals surface area contributed by atoms with Crippen LogP contribution in [0.1, 0.15) is 15.9 Å². The van der Waals surface area contributed by atoms with E-state index in [-0.39, 0.29) is 21.4 Å². The van der Waals surface area contributed by atoms with Crippen LogP contribution in [-0.4, -0.2) is 40.2 Å². The van der Waals surface area contributed by atoms with Crippen molar-refractivity contribution in [3.63, 3.8) is 0 Å². The van der Waals surface area contributed by atoms with Crippen molar-refractivity contribution in [1.82, 2.24) is 5.43 Å². The van der Waals surface area contributed by atoms with Crippen molar-refractivity contribution in [3.05, 3.63) is 119 Å². The van der Waals surface area contributed by atoms with E-state index in [0.29, 0.717) is 16.9 Å². The van der Waals surface area contributed by atoms with Crippen LogP contribution >= 0.6 is 11.6 Å². The predicted molar refractivity (Wildman–Crippen MR) is 153 cm³/mol. The Balaban J connectivity index is 1.46. The van der Waals surface area contributed by atoms with Crippen molar-refractivity contribution in [3.8, 4) is 11.5 Å². The van der Waals surface area contributed by atoms with Gasteiger partial charge in [0, 0.05) is 5.02 Å². The number of hydrazone groups is 1. The zero-order valence-corrected chi connectivity index (χ0v) is 22.8. The van der Waals surface area contributed by atoms with Crippen molar-refractivity contribution >= 4 is 45.4 Å². The van der Waals surface area contributed by atoms with Crippen molar-refractivity contribution in [2.75, 3.05) is 18.0 Å². The van der Waals surface area contributed by atoms with E-state index in [1.807, 2.05) is 0 Å². The number of nitrogens with zero attached hydrogens (tertiary/aromatic N) is 2. The lowest BCUT2D eigenvalue weighted by molar-refractivity contribution is -0.119. The third kappa shape index (κ3) is 7.04. The summed E-state index contributed by atoms with van der Waals surface area (Å²) in [5.41, 5.74) is 3.46. The number of esters is 1. The Morgan fingerprint density at radius 1 is 0.925 bits per heavy atom. The Morgan fingerprint density at radius 2 is 1.57 bits per heavy atom. The molecule has 4 aromatic rings. The zero-order valence-electron chi connectivity index (χ0n) is 21.2. The Hall–Kier alpha value is -4.67. The fourth-order valence-electron chi connectivity index (χ4n) is 3.58. The molecule has 0 radical (unpaired) electrons. The van der Waals surface area contributed by atoms with Crippen LogP contribution in [0.4, 0.5) is 5.69 Å². The van der Waals surface area contributed by atoms with Crippen molar-refractivity contribution in [2.45, 2.75) is 4.90 Å². The number of methoxy groups -OCH3 is 1. The zero-order chi connectivity index (χ0) is 28.5. The van der Waals surface area contributed by atoms with Gasteiger partial charge in [-0.15, -0.1) is 0 Å². The van der Waals surface area contributed by atoms with E-state index < -0.39 is 28.4 Å². The third-order valence-electron chi connectivity index (χ3n) is 5.53. The summed E-state index contributed by atoms with van der Waals surface area (Å²) in [5, 5.41) is 4.19. The summed E-state index contributed by atoms with van der Waals surface area (Å²) in [6.45, 7) is -0.598. The number of hydrogen-bond acceptors (Lipinski definition) is 7. The maximum atomic E-state index is 13.5. The predicted octanol–water partition coefficient (Wildman–Crippen LogP) is 4.91. The highest BCUT2D eigenvalue weighted by atomic mass is 35.5. The van der Waals surface area contributed by atoms with Gasteiger partial charge in [0.25, 0.3) is 15.9 Å². The molecule has 11 heteroatoms. The number of amides is 1. The molecular formula is C29H24ClN3O6S. The van der Waals surface area contributed by atoms with Gasteiger partial charge in [-0.3, -0.25) is 9.10 Å². The number of ether oxygens (including phenoxy) is 2. The molecule has 1 amide bonds. The number of hydrogen-bond donors (Lipinski definition) is 1. The summed E-state index contributed by atoms with van der Waals surface area (Å²) in [7, 11) is -2.78. The summed E-state index contributed by atoms with van der Waals surface area (Å²) in [6, 6.07) is 27.2. The molecule has 204 valence electrons. The van der Waals surface area contributed by atoms with Gasteiger partial charge < -0.3 is 9.47 Å². The Kier molecular flexibility index (Phi) is 9.15. The molecule has 0 saturated heterocycles. The van der Waals surface area contributed by atoms with Crippen LogP contribution in [0.3, 0.4) is 0 Å². The minimum Gasteiger partial charge on any atom is -0.495 e. The molecule has 9 nitrogen and oxygen atoms in total. The SMILES string of the molecule is COc1ccc(Cl)cc1N(CC(=O)N/N=C\c1ccc(OC(=O)c2ccccc2)cc1)S(=O)(=O)c1ccccc1. The van der Waals surface area contributed by atoms with Gasteiger partial charge in [-0.2, -0.15) is 5.10 Å². The van der Waals surface area contributed by atoms with E-state index in [9.17, 15) is 18.0 Å². The molecular weight excluding hydrogens is 554 g/mol. The number of nitrogens with one attached hydrogen (secondary N) is 1. The van der Waals surface area contributed by atoms with Crippen LogP contribution in [0.15, 0.2) is 113 Å². The summed E-state index contributed by atoms with van der Waals surface area (Å²) >= 11 is 6.14. The minimum absolute atomic E-state index is 0.0126. The van der Waals surface area contributed by atoms with E-state index in [4.69, 9.17) is 21.1 Å². The number of carbonyl (C=O) groups is 2. The van der Waals surface area contributed by atoms with Crippen LogP contribution in [0.25, 0.3) is 0 Å². The number of anilines is 1. The minimum atomic E-state index is -4.17. The lowest BCUT2D eigenvalue weighted by Gasteiger charge is -2.25. The molecule has 0 aromatic heterocycles. The molecule has 0 spiro atoms. The largest absolute Gasteiger partial charge is 0.495 e. The maximum absolute atomic E-state index is 13.5. The molecule has 40 heavy (non-hydrogen) atoms. The molecule has 0 atom stereocenters. The molecule has 0 saturated carbocycles. The third-order valence-corrected chi connectivity index (χ3v) is 7.54. The van der Waals surface area contributed by atoms with Crippen LogP contribution < -0.4 is 19.2 Å². The van der Waals surface area contributed by atoms with Gasteiger partial charge >= 0.3 is 5.97 Å². The second-order valence-corrected chi connectivity index (χ2v) is 10.6. The van der Waals surface area contributed by atoms with E-state index in [1.165, 1.54) is 37.6 Å². The molecule has 0 bridgehead atoms. The van der Waals surface area contributed by atoms with Crippen LogP contribution in [0.2, 0.25) is 5.02 Å². The van der Waals surface area contributed by atoms with Gasteiger partial charge in [0.05, 0.1) is 29.5 Å². The topological polar surface area (TPSA) is 114 Å². The normalized spacial score (nSPS) is 11.2. The highest BCUT2D eigenvalue weighted by molar-refractivity contribution is 7.92. The Morgan fingerprint density at radius 3 is 2.23 bits per heavy atom. The lowest BCUT2D eigenvalue weighted by Crippen LogP contribution is -2.39. The van der Waals surface area contributed by atoms with E-state index in [0.717, 1.165) is 4.31 Å². The monoisotopic (exact) mass is 577 g/mol. The molecule has 0 aliphatic carbocycles. The van der Waals surface area contributed by atoms with E-state index in [1.54, 1.807) is 78.9 Å². The fourth-order valence-corrected chi connectivity index (χ4v) is 5.19. The molecule has 4 aromatic carbocycles. The Bertz CT molecular complexity index is 1610. The first kappa shape index (κ1) is 28.3. The van der Waals surface area contributed by atoms with Gasteiger partial charge in [0.1, 0.15) is 18.0 Å². The van der Waals surface area contributed by atoms with E-state index in [2.05, 4.69) is 10.5 Å². The molecule has 1 N–H and O–H groups in total. The van der Waals surface area contributed by atoms with Crippen LogP contribution in [-0.2, 0) is 14.8 Å². The maximum Gasteiger partial charge on any atom is 0.343 e. The molecule has 0 heterocycles. The van der Waals surface area contributed by atoms with Crippen molar-refractivity contribution < 1.29 is 27.5 Å². The molecule has 0 fully saturated rings. The number of sulfonamides is 1. The van der Waals surface area contributed by atoms with Gasteiger partial charge in [0.2, 0.25) is 0 Å². The quantitative estimate of drug-likeness (QED) is 0.124. The highest BCUT2D eigenvalue weighted by Gasteiger charge is 2.29. The van der Waals surface area contributed by atoms with E-state index >= 15 is 0 Å². The first-order chi connectivity index (χ1) is 19.3. The number of benzene rings is 4. The first-order valence-corrected chi connectivity index (χ1v) is 13.7. The van der Waals surface area contributed by atoms with Gasteiger partial charge in [-0.05, 0) is 72.3 Å². The van der Waals surface area contributed by atoms with Crippen LogP contribution in [0, 0.1) is 0 Å². The average Bonchev–Trinajstić information content (AvgIpc) is 2.97.